The van der Waals surface area contributed by atoms with Gasteiger partial charge in [0.25, 0.3) is 5.91 Å². The molecule has 0 unspecified atom stereocenters. The SMILES string of the molecule is COc1ccc(-c2nc(C(=O)NC3(C(=O)O)CCSCC3)cs2)cc1. The molecule has 6 nitrogen and oxygen atoms in total. The number of hydrogen-bond acceptors (Lipinski definition) is 6. The van der Waals surface area contributed by atoms with Crippen LogP contribution in [0.15, 0.2) is 29.6 Å². The van der Waals surface area contributed by atoms with Crippen LogP contribution in [0, 0.1) is 0 Å². The average molecular weight is 378 g/mol. The van der Waals surface area contributed by atoms with Crippen LogP contribution in [0.5, 0.6) is 5.75 Å². The normalized spacial score (nSPS) is 16.2. The maximum Gasteiger partial charge on any atom is 0.329 e. The van der Waals surface area contributed by atoms with Gasteiger partial charge in [0, 0.05) is 10.9 Å². The van der Waals surface area contributed by atoms with E-state index in [1.54, 1.807) is 24.3 Å². The zero-order chi connectivity index (χ0) is 17.9. The molecule has 2 N–H and O–H groups in total. The van der Waals surface area contributed by atoms with Crippen molar-refractivity contribution in [3.8, 4) is 16.3 Å². The number of carbonyl (C=O) groups excluding carboxylic acids is 1. The van der Waals surface area contributed by atoms with Gasteiger partial charge in [-0.3, -0.25) is 4.79 Å². The highest BCUT2D eigenvalue weighted by Crippen LogP contribution is 2.29. The van der Waals surface area contributed by atoms with E-state index in [9.17, 15) is 14.7 Å². The van der Waals surface area contributed by atoms with Crippen LogP contribution in [-0.4, -0.2) is 46.1 Å². The highest BCUT2D eigenvalue weighted by Gasteiger charge is 2.41. The van der Waals surface area contributed by atoms with Crippen LogP contribution in [0.1, 0.15) is 23.3 Å². The summed E-state index contributed by atoms with van der Waals surface area (Å²) in [6.07, 6.45) is 0.850. The van der Waals surface area contributed by atoms with Gasteiger partial charge >= 0.3 is 5.97 Å². The number of carbonyl (C=O) groups is 2. The first-order valence-electron chi connectivity index (χ1n) is 7.78. The van der Waals surface area contributed by atoms with E-state index in [2.05, 4.69) is 10.3 Å². The number of carboxylic acid groups (broad SMARTS) is 1. The lowest BCUT2D eigenvalue weighted by atomic mass is 9.92. The van der Waals surface area contributed by atoms with Crippen molar-refractivity contribution in [2.45, 2.75) is 18.4 Å². The molecule has 2 aromatic rings. The Kier molecular flexibility index (Phi) is 5.29. The predicted octanol–water partition coefficient (Wildman–Crippen LogP) is 2.90. The summed E-state index contributed by atoms with van der Waals surface area (Å²) in [4.78, 5) is 28.5. The number of nitrogens with one attached hydrogen (secondary N) is 1. The first-order valence-corrected chi connectivity index (χ1v) is 9.81. The van der Waals surface area contributed by atoms with E-state index in [0.29, 0.717) is 17.8 Å². The summed E-state index contributed by atoms with van der Waals surface area (Å²) < 4.78 is 5.13. The molecule has 132 valence electrons. The highest BCUT2D eigenvalue weighted by atomic mass is 32.2. The number of rotatable bonds is 5. The minimum atomic E-state index is -1.19. The van der Waals surface area contributed by atoms with Crippen molar-refractivity contribution in [2.75, 3.05) is 18.6 Å². The fourth-order valence-corrected chi connectivity index (χ4v) is 4.63. The molecule has 3 rings (SSSR count). The van der Waals surface area contributed by atoms with Crippen LogP contribution in [-0.2, 0) is 4.79 Å². The smallest absolute Gasteiger partial charge is 0.329 e. The van der Waals surface area contributed by atoms with Crippen LogP contribution in [0.2, 0.25) is 0 Å². The largest absolute Gasteiger partial charge is 0.497 e. The molecule has 8 heteroatoms. The minimum absolute atomic E-state index is 0.245. The quantitative estimate of drug-likeness (QED) is 0.832. The Labute approximate surface area is 153 Å². The second kappa shape index (κ2) is 7.45. The van der Waals surface area contributed by atoms with E-state index in [-0.39, 0.29) is 5.69 Å². The van der Waals surface area contributed by atoms with Crippen LogP contribution in [0.25, 0.3) is 10.6 Å². The van der Waals surface area contributed by atoms with Gasteiger partial charge in [-0.2, -0.15) is 11.8 Å². The molecule has 0 spiro atoms. The van der Waals surface area contributed by atoms with Crippen molar-refractivity contribution >= 4 is 35.0 Å². The maximum atomic E-state index is 12.5. The van der Waals surface area contributed by atoms with Gasteiger partial charge in [-0.05, 0) is 48.6 Å². The number of aliphatic carboxylic acids is 1. The van der Waals surface area contributed by atoms with Crippen molar-refractivity contribution in [3.63, 3.8) is 0 Å². The molecular formula is C17H18N2O4S2. The summed E-state index contributed by atoms with van der Waals surface area (Å²) in [5, 5.41) is 14.6. The first kappa shape index (κ1) is 17.8. The highest BCUT2D eigenvalue weighted by molar-refractivity contribution is 7.99. The number of methoxy groups -OCH3 is 1. The number of aromatic nitrogens is 1. The maximum absolute atomic E-state index is 12.5. The summed E-state index contributed by atoms with van der Waals surface area (Å²) in [5.41, 5.74) is -0.0618. The Morgan fingerprint density at radius 2 is 1.92 bits per heavy atom. The van der Waals surface area contributed by atoms with Crippen LogP contribution in [0.4, 0.5) is 0 Å². The molecule has 2 heterocycles. The summed E-state index contributed by atoms with van der Waals surface area (Å²) in [6, 6.07) is 7.40. The van der Waals surface area contributed by atoms with Gasteiger partial charge in [-0.15, -0.1) is 11.3 Å². The van der Waals surface area contributed by atoms with Gasteiger partial charge in [0.15, 0.2) is 0 Å². The molecule has 1 fully saturated rings. The Hall–Kier alpha value is -2.06. The van der Waals surface area contributed by atoms with Gasteiger partial charge in [0.1, 0.15) is 22.0 Å². The van der Waals surface area contributed by atoms with Gasteiger partial charge in [-0.1, -0.05) is 0 Å². The van der Waals surface area contributed by atoms with Gasteiger partial charge < -0.3 is 15.2 Å². The molecule has 1 aliphatic rings. The number of benzene rings is 1. The average Bonchev–Trinajstić information content (AvgIpc) is 3.13. The second-order valence-electron chi connectivity index (χ2n) is 5.72. The Bertz CT molecular complexity index is 767. The molecule has 1 aliphatic heterocycles. The van der Waals surface area contributed by atoms with E-state index >= 15 is 0 Å². The van der Waals surface area contributed by atoms with Crippen molar-refractivity contribution in [1.29, 1.82) is 0 Å². The van der Waals surface area contributed by atoms with Gasteiger partial charge in [-0.25, -0.2) is 9.78 Å². The molecule has 25 heavy (non-hydrogen) atoms. The molecule has 1 aromatic carbocycles. The Balaban J connectivity index is 1.76. The van der Waals surface area contributed by atoms with E-state index in [1.165, 1.54) is 11.3 Å². The molecule has 0 radical (unpaired) electrons. The molecule has 0 atom stereocenters. The topological polar surface area (TPSA) is 88.5 Å². The zero-order valence-corrected chi connectivity index (χ0v) is 15.3. The number of hydrogen-bond donors (Lipinski definition) is 2. The second-order valence-corrected chi connectivity index (χ2v) is 7.80. The third-order valence-electron chi connectivity index (χ3n) is 4.18. The van der Waals surface area contributed by atoms with Crippen LogP contribution in [0.3, 0.4) is 0 Å². The van der Waals surface area contributed by atoms with E-state index in [0.717, 1.165) is 22.8 Å². The Morgan fingerprint density at radius 3 is 2.52 bits per heavy atom. The third-order valence-corrected chi connectivity index (χ3v) is 6.06. The predicted molar refractivity (Wildman–Crippen MR) is 98.5 cm³/mol. The number of amides is 1. The molecule has 1 saturated heterocycles. The van der Waals surface area contributed by atoms with Crippen molar-refractivity contribution < 1.29 is 19.4 Å². The Morgan fingerprint density at radius 1 is 1.24 bits per heavy atom. The molecule has 0 aliphatic carbocycles. The summed E-state index contributed by atoms with van der Waals surface area (Å²) in [6.45, 7) is 0. The van der Waals surface area contributed by atoms with E-state index in [1.807, 2.05) is 24.3 Å². The van der Waals surface area contributed by atoms with E-state index < -0.39 is 17.4 Å². The number of thiazole rings is 1. The molecule has 1 amide bonds. The number of thioether (sulfide) groups is 1. The summed E-state index contributed by atoms with van der Waals surface area (Å²) >= 11 is 3.05. The lowest BCUT2D eigenvalue weighted by Crippen LogP contribution is -2.56. The molecular weight excluding hydrogens is 360 g/mol. The summed E-state index contributed by atoms with van der Waals surface area (Å²) in [7, 11) is 1.60. The minimum Gasteiger partial charge on any atom is -0.497 e. The summed E-state index contributed by atoms with van der Waals surface area (Å²) in [5.74, 6) is 0.774. The van der Waals surface area contributed by atoms with E-state index in [4.69, 9.17) is 4.74 Å². The third kappa shape index (κ3) is 3.80. The monoisotopic (exact) mass is 378 g/mol. The standard InChI is InChI=1S/C17H18N2O4S2/c1-23-12-4-2-11(3-5-12)15-18-13(10-25-15)14(20)19-17(16(21)22)6-8-24-9-7-17/h2-5,10H,6-9H2,1H3,(H,19,20)(H,21,22). The van der Waals surface area contributed by atoms with Crippen molar-refractivity contribution in [2.24, 2.45) is 0 Å². The fourth-order valence-electron chi connectivity index (χ4n) is 2.64. The number of ether oxygens (including phenoxy) is 1. The number of carboxylic acids is 1. The lowest BCUT2D eigenvalue weighted by Gasteiger charge is -2.33. The van der Waals surface area contributed by atoms with Crippen LogP contribution >= 0.6 is 23.1 Å². The molecule has 0 bridgehead atoms. The fraction of sp³-hybridized carbons (Fsp3) is 0.353. The lowest BCUT2D eigenvalue weighted by molar-refractivity contribution is -0.144. The van der Waals surface area contributed by atoms with Crippen LogP contribution < -0.4 is 10.1 Å². The first-order chi connectivity index (χ1) is 12.0. The van der Waals surface area contributed by atoms with Crippen molar-refractivity contribution in [3.05, 3.63) is 35.3 Å². The molecule has 1 aromatic heterocycles. The molecule has 0 saturated carbocycles. The number of nitrogens with zero attached hydrogens (tertiary/aromatic N) is 1. The van der Waals surface area contributed by atoms with Crippen molar-refractivity contribution in [1.82, 2.24) is 10.3 Å². The van der Waals surface area contributed by atoms with Gasteiger partial charge in [0.05, 0.1) is 7.11 Å². The zero-order valence-electron chi connectivity index (χ0n) is 13.7. The van der Waals surface area contributed by atoms with Gasteiger partial charge in [0.2, 0.25) is 0 Å².